The van der Waals surface area contributed by atoms with Gasteiger partial charge in [0.2, 0.25) is 0 Å². The van der Waals surface area contributed by atoms with Crippen LogP contribution < -0.4 is 19.7 Å². The zero-order valence-corrected chi connectivity index (χ0v) is 9.99. The lowest BCUT2D eigenvalue weighted by molar-refractivity contribution is 0.395. The molecule has 0 amide bonds. The van der Waals surface area contributed by atoms with Gasteiger partial charge in [-0.2, -0.15) is 0 Å². The van der Waals surface area contributed by atoms with E-state index < -0.39 is 0 Å². The second-order valence-corrected chi connectivity index (χ2v) is 3.90. The normalized spacial score (nSPS) is 18.4. The zero-order valence-electron chi connectivity index (χ0n) is 9.99. The van der Waals surface area contributed by atoms with Crippen molar-refractivity contribution in [3.05, 3.63) is 18.2 Å². The van der Waals surface area contributed by atoms with Gasteiger partial charge >= 0.3 is 0 Å². The number of methoxy groups -OCH3 is 2. The summed E-state index contributed by atoms with van der Waals surface area (Å²) in [4.78, 5) is 2.31. The van der Waals surface area contributed by atoms with Gasteiger partial charge in [-0.1, -0.05) is 0 Å². The minimum Gasteiger partial charge on any atom is -0.497 e. The fourth-order valence-electron chi connectivity index (χ4n) is 1.91. The van der Waals surface area contributed by atoms with Gasteiger partial charge in [0.05, 0.1) is 25.9 Å². The Hall–Kier alpha value is -1.42. The molecule has 1 unspecified atom stereocenters. The molecule has 1 aromatic rings. The lowest BCUT2D eigenvalue weighted by Gasteiger charge is -2.12. The van der Waals surface area contributed by atoms with E-state index in [1.807, 2.05) is 25.2 Å². The van der Waals surface area contributed by atoms with Crippen LogP contribution in [-0.4, -0.2) is 40.4 Å². The molecule has 1 heterocycles. The number of anilines is 1. The van der Waals surface area contributed by atoms with Crippen LogP contribution in [0.4, 0.5) is 5.69 Å². The fraction of sp³-hybridized carbons (Fsp3) is 0.500. The smallest absolute Gasteiger partial charge is 0.145 e. The Morgan fingerprint density at radius 2 is 2.19 bits per heavy atom. The topological polar surface area (TPSA) is 33.5 Å². The van der Waals surface area contributed by atoms with Crippen LogP contribution >= 0.6 is 0 Å². The molecule has 1 aliphatic rings. The van der Waals surface area contributed by atoms with Gasteiger partial charge in [0, 0.05) is 19.2 Å². The van der Waals surface area contributed by atoms with Crippen LogP contribution in [0.2, 0.25) is 0 Å². The number of likely N-dealkylation sites (N-methyl/N-ethyl adjacent to an activating group) is 1. The Labute approximate surface area is 96.2 Å². The molecule has 0 spiro atoms. The second-order valence-electron chi connectivity index (χ2n) is 3.90. The highest BCUT2D eigenvalue weighted by Gasteiger charge is 2.35. The van der Waals surface area contributed by atoms with Crippen molar-refractivity contribution in [3.63, 3.8) is 0 Å². The van der Waals surface area contributed by atoms with E-state index in [4.69, 9.17) is 9.47 Å². The summed E-state index contributed by atoms with van der Waals surface area (Å²) in [5.74, 6) is 1.70. The van der Waals surface area contributed by atoms with Crippen LogP contribution in [-0.2, 0) is 0 Å². The van der Waals surface area contributed by atoms with Crippen LogP contribution in [0.3, 0.4) is 0 Å². The van der Waals surface area contributed by atoms with Crippen molar-refractivity contribution in [1.29, 1.82) is 0 Å². The predicted octanol–water partition coefficient (Wildman–Crippen LogP) is 1.11. The number of benzene rings is 1. The lowest BCUT2D eigenvalue weighted by Crippen LogP contribution is -2.17. The third-order valence-electron chi connectivity index (χ3n) is 2.85. The third-order valence-corrected chi connectivity index (χ3v) is 2.85. The van der Waals surface area contributed by atoms with Gasteiger partial charge in [-0.25, -0.2) is 0 Å². The fourth-order valence-corrected chi connectivity index (χ4v) is 1.91. The third kappa shape index (κ3) is 2.07. The zero-order chi connectivity index (χ0) is 11.5. The molecular weight excluding hydrogens is 204 g/mol. The Kier molecular flexibility index (Phi) is 3.19. The lowest BCUT2D eigenvalue weighted by atomic mass is 10.2. The molecule has 16 heavy (non-hydrogen) atoms. The Morgan fingerprint density at radius 3 is 2.81 bits per heavy atom. The summed E-state index contributed by atoms with van der Waals surface area (Å²) in [6.07, 6.45) is 0. The highest BCUT2D eigenvalue weighted by Crippen LogP contribution is 2.37. The standard InChI is InChI=1S/C12H18N2O2/c1-13-7-9-8-14(9)11-5-4-10(15-2)6-12(11)16-3/h4-6,9,13H,7-8H2,1-3H3. The first-order chi connectivity index (χ1) is 7.80. The van der Waals surface area contributed by atoms with Gasteiger partial charge in [-0.3, -0.25) is 0 Å². The molecular formula is C12H18N2O2. The van der Waals surface area contributed by atoms with Crippen molar-refractivity contribution in [1.82, 2.24) is 5.32 Å². The number of rotatable bonds is 5. The van der Waals surface area contributed by atoms with Crippen molar-refractivity contribution in [2.45, 2.75) is 6.04 Å². The maximum absolute atomic E-state index is 5.37. The van der Waals surface area contributed by atoms with Crippen LogP contribution in [0.15, 0.2) is 18.2 Å². The van der Waals surface area contributed by atoms with Gasteiger partial charge < -0.3 is 19.7 Å². The second kappa shape index (κ2) is 4.61. The van der Waals surface area contributed by atoms with Crippen molar-refractivity contribution in [2.24, 2.45) is 0 Å². The monoisotopic (exact) mass is 222 g/mol. The minimum atomic E-state index is 0.590. The molecule has 0 radical (unpaired) electrons. The molecule has 4 nitrogen and oxygen atoms in total. The highest BCUT2D eigenvalue weighted by atomic mass is 16.5. The molecule has 88 valence electrons. The molecule has 4 heteroatoms. The summed E-state index contributed by atoms with van der Waals surface area (Å²) >= 11 is 0. The van der Waals surface area contributed by atoms with Crippen LogP contribution in [0.25, 0.3) is 0 Å². The molecule has 1 aliphatic heterocycles. The number of ether oxygens (including phenoxy) is 2. The highest BCUT2D eigenvalue weighted by molar-refractivity contribution is 5.65. The minimum absolute atomic E-state index is 0.590. The quantitative estimate of drug-likeness (QED) is 0.757. The van der Waals surface area contributed by atoms with E-state index in [0.29, 0.717) is 6.04 Å². The number of nitrogens with zero attached hydrogens (tertiary/aromatic N) is 1. The maximum Gasteiger partial charge on any atom is 0.145 e. The maximum atomic E-state index is 5.37. The van der Waals surface area contributed by atoms with E-state index in [1.54, 1.807) is 14.2 Å². The largest absolute Gasteiger partial charge is 0.497 e. The Bertz CT molecular complexity index is 368. The van der Waals surface area contributed by atoms with E-state index in [9.17, 15) is 0 Å². The Balaban J connectivity index is 2.15. The summed E-state index contributed by atoms with van der Waals surface area (Å²) in [6, 6.07) is 6.52. The first-order valence-electron chi connectivity index (χ1n) is 5.43. The van der Waals surface area contributed by atoms with E-state index in [-0.39, 0.29) is 0 Å². The first kappa shape index (κ1) is 11.1. The molecule has 1 saturated heterocycles. The van der Waals surface area contributed by atoms with Crippen LogP contribution in [0, 0.1) is 0 Å². The van der Waals surface area contributed by atoms with Crippen molar-refractivity contribution in [3.8, 4) is 11.5 Å². The predicted molar refractivity (Wildman–Crippen MR) is 64.6 cm³/mol. The molecule has 0 aliphatic carbocycles. The van der Waals surface area contributed by atoms with E-state index >= 15 is 0 Å². The van der Waals surface area contributed by atoms with Crippen molar-refractivity contribution in [2.75, 3.05) is 39.3 Å². The molecule has 1 aromatic carbocycles. The Morgan fingerprint density at radius 1 is 1.38 bits per heavy atom. The van der Waals surface area contributed by atoms with Crippen LogP contribution in [0.1, 0.15) is 0 Å². The van der Waals surface area contributed by atoms with Crippen molar-refractivity contribution < 1.29 is 9.47 Å². The van der Waals surface area contributed by atoms with Gasteiger partial charge in [0.25, 0.3) is 0 Å². The molecule has 1 N–H and O–H groups in total. The molecule has 0 bridgehead atoms. The summed E-state index contributed by atoms with van der Waals surface area (Å²) in [5.41, 5.74) is 1.14. The summed E-state index contributed by atoms with van der Waals surface area (Å²) < 4.78 is 10.5. The van der Waals surface area contributed by atoms with E-state index in [2.05, 4.69) is 10.2 Å². The van der Waals surface area contributed by atoms with Crippen molar-refractivity contribution >= 4 is 5.69 Å². The average Bonchev–Trinajstić information content (AvgIpc) is 3.08. The molecule has 2 rings (SSSR count). The first-order valence-corrected chi connectivity index (χ1v) is 5.43. The van der Waals surface area contributed by atoms with Crippen LogP contribution in [0.5, 0.6) is 11.5 Å². The average molecular weight is 222 g/mol. The SMILES string of the molecule is CNCC1CN1c1ccc(OC)cc1OC. The van der Waals surface area contributed by atoms with Gasteiger partial charge in [0.15, 0.2) is 0 Å². The number of nitrogens with one attached hydrogen (secondary N) is 1. The summed E-state index contributed by atoms with van der Waals surface area (Å²) in [6.45, 7) is 2.10. The van der Waals surface area contributed by atoms with Gasteiger partial charge in [-0.15, -0.1) is 0 Å². The summed E-state index contributed by atoms with van der Waals surface area (Å²) in [5, 5.41) is 3.18. The van der Waals surface area contributed by atoms with E-state index in [1.165, 1.54) is 0 Å². The number of hydrogen-bond donors (Lipinski definition) is 1. The van der Waals surface area contributed by atoms with E-state index in [0.717, 1.165) is 30.3 Å². The van der Waals surface area contributed by atoms with Gasteiger partial charge in [0.1, 0.15) is 11.5 Å². The molecule has 1 atom stereocenters. The van der Waals surface area contributed by atoms with Gasteiger partial charge in [-0.05, 0) is 19.2 Å². The number of hydrogen-bond acceptors (Lipinski definition) is 4. The molecule has 0 aromatic heterocycles. The molecule has 1 fully saturated rings. The molecule has 0 saturated carbocycles. The summed E-state index contributed by atoms with van der Waals surface area (Å²) in [7, 11) is 5.33.